The summed E-state index contributed by atoms with van der Waals surface area (Å²) < 4.78 is 0. The number of aromatic hydroxyl groups is 1. The highest BCUT2D eigenvalue weighted by Gasteiger charge is 2.07. The molecule has 0 fully saturated rings. The van der Waals surface area contributed by atoms with Crippen LogP contribution in [-0.2, 0) is 12.2 Å². The van der Waals surface area contributed by atoms with Gasteiger partial charge in [0.2, 0.25) is 5.95 Å². The van der Waals surface area contributed by atoms with Gasteiger partial charge in [-0.05, 0) is 24.6 Å². The molecule has 0 saturated carbocycles. The number of nitrogens with one attached hydrogen (secondary N) is 3. The number of aromatic amines is 2. The number of thioether (sulfide) groups is 1. The number of phenols is 1. The van der Waals surface area contributed by atoms with E-state index in [0.29, 0.717) is 24.6 Å². The molecule has 2 heterocycles. The van der Waals surface area contributed by atoms with E-state index >= 15 is 0 Å². The molecule has 0 atom stereocenters. The molecule has 136 valence electrons. The molecule has 0 spiro atoms. The summed E-state index contributed by atoms with van der Waals surface area (Å²) in [6.45, 7) is 2.66. The van der Waals surface area contributed by atoms with E-state index < -0.39 is 0 Å². The van der Waals surface area contributed by atoms with Gasteiger partial charge < -0.3 is 15.4 Å². The van der Waals surface area contributed by atoms with Crippen LogP contribution in [0.3, 0.4) is 0 Å². The predicted octanol–water partition coefficient (Wildman–Crippen LogP) is 1.84. The van der Waals surface area contributed by atoms with Crippen molar-refractivity contribution < 1.29 is 5.11 Å². The normalized spacial score (nSPS) is 10.8. The first kappa shape index (κ1) is 18.0. The van der Waals surface area contributed by atoms with Crippen molar-refractivity contribution in [3.05, 3.63) is 63.6 Å². The molecule has 4 N–H and O–H groups in total. The number of hydrogen-bond donors (Lipinski definition) is 4. The molecule has 3 rings (SSSR count). The van der Waals surface area contributed by atoms with Crippen molar-refractivity contribution in [2.45, 2.75) is 19.1 Å². The van der Waals surface area contributed by atoms with Gasteiger partial charge in [0.05, 0.1) is 12.0 Å². The van der Waals surface area contributed by atoms with Gasteiger partial charge in [-0.2, -0.15) is 21.8 Å². The SMILES string of the molecule is Cc1[nH]cnc1CSCCNc1nc(=O)c(Cc2cccc(O)c2)n[nH]1. The monoisotopic (exact) mass is 372 g/mol. The first-order chi connectivity index (χ1) is 12.6. The molecule has 8 nitrogen and oxygen atoms in total. The van der Waals surface area contributed by atoms with Gasteiger partial charge in [-0.15, -0.1) is 0 Å². The van der Waals surface area contributed by atoms with Crippen LogP contribution in [0.25, 0.3) is 0 Å². The fraction of sp³-hybridized carbons (Fsp3) is 0.294. The van der Waals surface area contributed by atoms with Gasteiger partial charge in [0.25, 0.3) is 5.56 Å². The Morgan fingerprint density at radius 3 is 2.92 bits per heavy atom. The molecule has 0 saturated heterocycles. The van der Waals surface area contributed by atoms with Gasteiger partial charge in [0.15, 0.2) is 0 Å². The summed E-state index contributed by atoms with van der Waals surface area (Å²) in [5.41, 5.74) is 2.87. The molecule has 0 aliphatic rings. The Morgan fingerprint density at radius 2 is 2.19 bits per heavy atom. The maximum atomic E-state index is 12.1. The predicted molar refractivity (Wildman–Crippen MR) is 102 cm³/mol. The van der Waals surface area contributed by atoms with Gasteiger partial charge in [-0.3, -0.25) is 4.79 Å². The minimum atomic E-state index is -0.380. The number of aromatic nitrogens is 5. The highest BCUT2D eigenvalue weighted by molar-refractivity contribution is 7.98. The summed E-state index contributed by atoms with van der Waals surface area (Å²) in [4.78, 5) is 23.4. The number of hydrogen-bond acceptors (Lipinski definition) is 7. The zero-order valence-electron chi connectivity index (χ0n) is 14.3. The van der Waals surface area contributed by atoms with E-state index in [2.05, 4.69) is 30.5 Å². The van der Waals surface area contributed by atoms with Crippen LogP contribution in [0.1, 0.15) is 22.6 Å². The molecule has 0 unspecified atom stereocenters. The van der Waals surface area contributed by atoms with Crippen molar-refractivity contribution >= 4 is 17.7 Å². The number of H-pyrrole nitrogens is 2. The van der Waals surface area contributed by atoms with Gasteiger partial charge in [-0.1, -0.05) is 12.1 Å². The molecule has 0 aliphatic heterocycles. The molecule has 0 bridgehead atoms. The molecule has 1 aromatic carbocycles. The Morgan fingerprint density at radius 1 is 1.31 bits per heavy atom. The number of aryl methyl sites for hydroxylation is 1. The lowest BCUT2D eigenvalue weighted by molar-refractivity contribution is 0.474. The smallest absolute Gasteiger partial charge is 0.296 e. The van der Waals surface area contributed by atoms with Crippen LogP contribution < -0.4 is 10.9 Å². The van der Waals surface area contributed by atoms with Crippen LogP contribution in [0.4, 0.5) is 5.95 Å². The third kappa shape index (κ3) is 4.85. The maximum absolute atomic E-state index is 12.1. The average molecular weight is 372 g/mol. The second kappa shape index (κ2) is 8.52. The molecule has 3 aromatic rings. The van der Waals surface area contributed by atoms with Crippen LogP contribution >= 0.6 is 11.8 Å². The van der Waals surface area contributed by atoms with Crippen LogP contribution in [0.2, 0.25) is 0 Å². The second-order valence-corrected chi connectivity index (χ2v) is 6.84. The van der Waals surface area contributed by atoms with E-state index in [1.165, 1.54) is 0 Å². The maximum Gasteiger partial charge on any atom is 0.296 e. The fourth-order valence-electron chi connectivity index (χ4n) is 2.36. The molecule has 2 aromatic heterocycles. The van der Waals surface area contributed by atoms with E-state index in [1.54, 1.807) is 36.3 Å². The number of rotatable bonds is 8. The Balaban J connectivity index is 1.48. The largest absolute Gasteiger partial charge is 0.508 e. The Kier molecular flexibility index (Phi) is 5.90. The van der Waals surface area contributed by atoms with Gasteiger partial charge in [-0.25, -0.2) is 10.1 Å². The zero-order chi connectivity index (χ0) is 18.4. The van der Waals surface area contributed by atoms with E-state index in [-0.39, 0.29) is 11.3 Å². The van der Waals surface area contributed by atoms with E-state index in [1.807, 2.05) is 13.0 Å². The van der Waals surface area contributed by atoms with Gasteiger partial charge in [0, 0.05) is 30.2 Å². The van der Waals surface area contributed by atoms with E-state index in [0.717, 1.165) is 28.5 Å². The van der Waals surface area contributed by atoms with Crippen LogP contribution in [0, 0.1) is 6.92 Å². The highest BCUT2D eigenvalue weighted by Crippen LogP contribution is 2.13. The molecule has 0 amide bonds. The zero-order valence-corrected chi connectivity index (χ0v) is 15.1. The summed E-state index contributed by atoms with van der Waals surface area (Å²) in [5, 5.41) is 19.4. The highest BCUT2D eigenvalue weighted by atomic mass is 32.2. The van der Waals surface area contributed by atoms with E-state index in [9.17, 15) is 9.90 Å². The fourth-order valence-corrected chi connectivity index (χ4v) is 3.23. The topological polar surface area (TPSA) is 120 Å². The Bertz CT molecular complexity index is 923. The number of nitrogens with zero attached hydrogens (tertiary/aromatic N) is 3. The number of imidazole rings is 1. The summed E-state index contributed by atoms with van der Waals surface area (Å²) in [7, 11) is 0. The molecular formula is C17H20N6O2S. The number of benzene rings is 1. The van der Waals surface area contributed by atoms with Gasteiger partial charge in [0.1, 0.15) is 11.4 Å². The molecule has 0 aliphatic carbocycles. The summed E-state index contributed by atoms with van der Waals surface area (Å²) in [6.07, 6.45) is 2.01. The molecule has 9 heteroatoms. The van der Waals surface area contributed by atoms with Crippen LogP contribution in [0.15, 0.2) is 35.4 Å². The van der Waals surface area contributed by atoms with Crippen molar-refractivity contribution in [3.8, 4) is 5.75 Å². The van der Waals surface area contributed by atoms with Crippen molar-refractivity contribution in [2.75, 3.05) is 17.6 Å². The third-order valence-electron chi connectivity index (χ3n) is 3.75. The quantitative estimate of drug-likeness (QED) is 0.445. The number of anilines is 1. The number of phenolic OH excluding ortho intramolecular Hbond substituents is 1. The first-order valence-electron chi connectivity index (χ1n) is 8.16. The molecule has 26 heavy (non-hydrogen) atoms. The Hall–Kier alpha value is -2.81. The molecular weight excluding hydrogens is 352 g/mol. The average Bonchev–Trinajstić information content (AvgIpc) is 3.02. The summed E-state index contributed by atoms with van der Waals surface area (Å²) >= 11 is 1.75. The molecule has 0 radical (unpaired) electrons. The van der Waals surface area contributed by atoms with E-state index in [4.69, 9.17) is 0 Å². The van der Waals surface area contributed by atoms with Crippen LogP contribution in [0.5, 0.6) is 5.75 Å². The van der Waals surface area contributed by atoms with Crippen molar-refractivity contribution in [3.63, 3.8) is 0 Å². The minimum absolute atomic E-state index is 0.160. The van der Waals surface area contributed by atoms with Gasteiger partial charge >= 0.3 is 0 Å². The van der Waals surface area contributed by atoms with Crippen molar-refractivity contribution in [1.82, 2.24) is 25.1 Å². The minimum Gasteiger partial charge on any atom is -0.508 e. The third-order valence-corrected chi connectivity index (χ3v) is 4.72. The summed E-state index contributed by atoms with van der Waals surface area (Å²) in [5.74, 6) is 2.20. The second-order valence-electron chi connectivity index (χ2n) is 5.74. The summed E-state index contributed by atoms with van der Waals surface area (Å²) in [6, 6.07) is 6.74. The lowest BCUT2D eigenvalue weighted by Crippen LogP contribution is -2.20. The lowest BCUT2D eigenvalue weighted by atomic mass is 10.1. The lowest BCUT2D eigenvalue weighted by Gasteiger charge is -2.06. The van der Waals surface area contributed by atoms with Crippen molar-refractivity contribution in [1.29, 1.82) is 0 Å². The standard InChI is InChI=1S/C17H20N6O2S/c1-11-15(20-10-19-11)9-26-6-5-18-17-21-16(25)14(22-23-17)8-12-3-2-4-13(24)7-12/h2-4,7,10,24H,5-6,8-9H2,1H3,(H,19,20)(H2,18,21,23,25). The first-order valence-corrected chi connectivity index (χ1v) is 9.31. The van der Waals surface area contributed by atoms with Crippen LogP contribution in [-0.4, -0.2) is 42.6 Å². The van der Waals surface area contributed by atoms with Crippen molar-refractivity contribution in [2.24, 2.45) is 0 Å². The Labute approximate surface area is 154 Å².